The molecule has 146 valence electrons. The molecule has 2 amide bonds. The first-order valence-corrected chi connectivity index (χ1v) is 10.1. The number of amides is 2. The maximum Gasteiger partial charge on any atom is 0.234 e. The van der Waals surface area contributed by atoms with Gasteiger partial charge in [0.2, 0.25) is 11.8 Å². The van der Waals surface area contributed by atoms with Crippen molar-refractivity contribution in [3.8, 4) is 0 Å². The Morgan fingerprint density at radius 1 is 1.19 bits per heavy atom. The van der Waals surface area contributed by atoms with E-state index in [4.69, 9.17) is 0 Å². The van der Waals surface area contributed by atoms with Crippen LogP contribution in [-0.2, 0) is 16.1 Å². The summed E-state index contributed by atoms with van der Waals surface area (Å²) in [4.78, 5) is 32.6. The van der Waals surface area contributed by atoms with E-state index in [9.17, 15) is 9.59 Å². The lowest BCUT2D eigenvalue weighted by molar-refractivity contribution is -0.122. The van der Waals surface area contributed by atoms with Crippen LogP contribution in [0, 0.1) is 13.8 Å². The number of rotatable bonds is 8. The molecule has 2 rings (SSSR count). The van der Waals surface area contributed by atoms with E-state index in [1.807, 2.05) is 56.2 Å². The summed E-state index contributed by atoms with van der Waals surface area (Å²) in [6, 6.07) is 5.98. The van der Waals surface area contributed by atoms with Crippen molar-refractivity contribution in [1.29, 1.82) is 0 Å². The zero-order valence-corrected chi connectivity index (χ0v) is 17.5. The van der Waals surface area contributed by atoms with E-state index in [0.29, 0.717) is 24.8 Å². The first-order valence-electron chi connectivity index (χ1n) is 9.17. The van der Waals surface area contributed by atoms with Crippen LogP contribution in [0.1, 0.15) is 37.6 Å². The van der Waals surface area contributed by atoms with Crippen LogP contribution >= 0.6 is 11.3 Å². The second-order valence-electron chi connectivity index (χ2n) is 6.47. The van der Waals surface area contributed by atoms with Crippen molar-refractivity contribution in [2.24, 2.45) is 0 Å². The van der Waals surface area contributed by atoms with Crippen molar-refractivity contribution in [3.05, 3.63) is 40.4 Å². The Morgan fingerprint density at radius 3 is 2.41 bits per heavy atom. The van der Waals surface area contributed by atoms with Gasteiger partial charge in [-0.1, -0.05) is 25.1 Å². The van der Waals surface area contributed by atoms with Crippen LogP contribution in [0.3, 0.4) is 0 Å². The molecule has 0 unspecified atom stereocenters. The summed E-state index contributed by atoms with van der Waals surface area (Å²) < 4.78 is 0. The van der Waals surface area contributed by atoms with Crippen molar-refractivity contribution in [2.45, 2.75) is 41.2 Å². The van der Waals surface area contributed by atoms with Crippen LogP contribution < -0.4 is 10.2 Å². The number of para-hydroxylation sites is 1. The third-order valence-corrected chi connectivity index (χ3v) is 5.16. The highest BCUT2D eigenvalue weighted by molar-refractivity contribution is 7.14. The van der Waals surface area contributed by atoms with Gasteiger partial charge in [-0.3, -0.25) is 19.4 Å². The van der Waals surface area contributed by atoms with Crippen LogP contribution in [0.25, 0.3) is 0 Å². The highest BCUT2D eigenvalue weighted by Gasteiger charge is 2.22. The fraction of sp³-hybridized carbons (Fsp3) is 0.450. The van der Waals surface area contributed by atoms with Gasteiger partial charge in [-0.25, -0.2) is 4.98 Å². The fourth-order valence-electron chi connectivity index (χ4n) is 2.98. The van der Waals surface area contributed by atoms with Gasteiger partial charge in [0.25, 0.3) is 0 Å². The Balaban J connectivity index is 2.23. The van der Waals surface area contributed by atoms with Crippen LogP contribution in [0.4, 0.5) is 10.8 Å². The number of likely N-dealkylation sites (N-methyl/N-ethyl adjacent to an activating group) is 2. The lowest BCUT2D eigenvalue weighted by Crippen LogP contribution is -2.36. The minimum atomic E-state index is -0.0667. The highest BCUT2D eigenvalue weighted by atomic mass is 32.1. The van der Waals surface area contributed by atoms with Gasteiger partial charge < -0.3 is 5.32 Å². The summed E-state index contributed by atoms with van der Waals surface area (Å²) in [5, 5.41) is 5.43. The second-order valence-corrected chi connectivity index (χ2v) is 7.31. The molecular formula is C20H28N4O2S. The number of carbonyl (C=O) groups is 2. The molecule has 27 heavy (non-hydrogen) atoms. The number of anilines is 2. The summed E-state index contributed by atoms with van der Waals surface area (Å²) in [5.41, 5.74) is 3.82. The van der Waals surface area contributed by atoms with Gasteiger partial charge >= 0.3 is 0 Å². The van der Waals surface area contributed by atoms with Crippen LogP contribution in [0.5, 0.6) is 0 Å². The summed E-state index contributed by atoms with van der Waals surface area (Å²) in [6.45, 7) is 11.8. The molecule has 0 bridgehead atoms. The third kappa shape index (κ3) is 5.37. The molecule has 0 aliphatic rings. The minimum absolute atomic E-state index is 0.00991. The minimum Gasteiger partial charge on any atom is -0.355 e. The van der Waals surface area contributed by atoms with Gasteiger partial charge in [-0.2, -0.15) is 0 Å². The lowest BCUT2D eigenvalue weighted by atomic mass is 10.1. The molecule has 1 aromatic carbocycles. The van der Waals surface area contributed by atoms with Gasteiger partial charge in [0.05, 0.1) is 17.9 Å². The number of benzene rings is 1. The van der Waals surface area contributed by atoms with Gasteiger partial charge in [0, 0.05) is 25.4 Å². The number of aromatic nitrogens is 1. The summed E-state index contributed by atoms with van der Waals surface area (Å²) in [7, 11) is 0. The molecule has 0 spiro atoms. The number of hydrogen-bond donors (Lipinski definition) is 1. The SMILES string of the molecule is CCNC(=O)CN(CC)Cc1csc(N(C(C)=O)c2c(C)cccc2C)n1. The second kappa shape index (κ2) is 9.62. The first-order chi connectivity index (χ1) is 12.9. The fourth-order valence-corrected chi connectivity index (χ4v) is 3.85. The Morgan fingerprint density at radius 2 is 1.85 bits per heavy atom. The topological polar surface area (TPSA) is 65.5 Å². The molecule has 2 aromatic rings. The lowest BCUT2D eigenvalue weighted by Gasteiger charge is -2.22. The van der Waals surface area contributed by atoms with E-state index in [1.54, 1.807) is 11.8 Å². The molecule has 0 radical (unpaired) electrons. The average molecular weight is 389 g/mol. The van der Waals surface area contributed by atoms with Crippen LogP contribution in [0.2, 0.25) is 0 Å². The number of aryl methyl sites for hydroxylation is 2. The van der Waals surface area contributed by atoms with E-state index < -0.39 is 0 Å². The number of nitrogens with zero attached hydrogens (tertiary/aromatic N) is 3. The maximum atomic E-state index is 12.4. The predicted octanol–water partition coefficient (Wildman–Crippen LogP) is 3.40. The molecule has 0 saturated carbocycles. The molecular weight excluding hydrogens is 360 g/mol. The van der Waals surface area contributed by atoms with Gasteiger partial charge in [0.15, 0.2) is 5.13 Å². The molecule has 1 heterocycles. The van der Waals surface area contributed by atoms with E-state index >= 15 is 0 Å². The van der Waals surface area contributed by atoms with Crippen molar-refractivity contribution < 1.29 is 9.59 Å². The summed E-state index contributed by atoms with van der Waals surface area (Å²) >= 11 is 1.45. The Bertz CT molecular complexity index is 783. The largest absolute Gasteiger partial charge is 0.355 e. The first kappa shape index (κ1) is 21.1. The quantitative estimate of drug-likeness (QED) is 0.753. The van der Waals surface area contributed by atoms with E-state index in [0.717, 1.165) is 29.1 Å². The summed E-state index contributed by atoms with van der Waals surface area (Å²) in [5.74, 6) is -0.0568. The molecule has 0 atom stereocenters. The number of thiazole rings is 1. The smallest absolute Gasteiger partial charge is 0.234 e. The normalized spacial score (nSPS) is 10.9. The molecule has 0 saturated heterocycles. The van der Waals surface area contributed by atoms with Crippen molar-refractivity contribution in [3.63, 3.8) is 0 Å². The number of hydrogen-bond acceptors (Lipinski definition) is 5. The molecule has 6 nitrogen and oxygen atoms in total. The third-order valence-electron chi connectivity index (χ3n) is 4.28. The zero-order valence-electron chi connectivity index (χ0n) is 16.7. The number of nitrogens with one attached hydrogen (secondary N) is 1. The van der Waals surface area contributed by atoms with Crippen molar-refractivity contribution >= 4 is 34.0 Å². The van der Waals surface area contributed by atoms with Crippen molar-refractivity contribution in [2.75, 3.05) is 24.5 Å². The van der Waals surface area contributed by atoms with Gasteiger partial charge in [-0.15, -0.1) is 11.3 Å². The van der Waals surface area contributed by atoms with E-state index in [-0.39, 0.29) is 11.8 Å². The maximum absolute atomic E-state index is 12.4. The Hall–Kier alpha value is -2.25. The Labute approximate surface area is 165 Å². The average Bonchev–Trinajstić information content (AvgIpc) is 3.05. The Kier molecular flexibility index (Phi) is 7.50. The van der Waals surface area contributed by atoms with E-state index in [2.05, 4.69) is 10.3 Å². The van der Waals surface area contributed by atoms with E-state index in [1.165, 1.54) is 11.3 Å². The van der Waals surface area contributed by atoms with Gasteiger partial charge in [-0.05, 0) is 38.4 Å². The molecule has 0 fully saturated rings. The van der Waals surface area contributed by atoms with Crippen LogP contribution in [0.15, 0.2) is 23.6 Å². The molecule has 0 aliphatic carbocycles. The van der Waals surface area contributed by atoms with Gasteiger partial charge in [0.1, 0.15) is 0 Å². The molecule has 7 heteroatoms. The molecule has 1 N–H and O–H groups in total. The standard InChI is InChI=1S/C20H28N4O2S/c1-6-21-18(26)12-23(7-2)11-17-13-27-20(22-17)24(16(5)25)19-14(3)9-8-10-15(19)4/h8-10,13H,6-7,11-12H2,1-5H3,(H,21,26). The monoisotopic (exact) mass is 388 g/mol. The number of carbonyl (C=O) groups excluding carboxylic acids is 2. The van der Waals surface area contributed by atoms with Crippen molar-refractivity contribution in [1.82, 2.24) is 15.2 Å². The molecule has 0 aliphatic heterocycles. The highest BCUT2D eigenvalue weighted by Crippen LogP contribution is 2.33. The summed E-state index contributed by atoms with van der Waals surface area (Å²) in [6.07, 6.45) is 0. The zero-order chi connectivity index (χ0) is 20.0. The predicted molar refractivity (Wildman–Crippen MR) is 110 cm³/mol. The van der Waals surface area contributed by atoms with Crippen LogP contribution in [-0.4, -0.2) is 41.3 Å². The molecule has 1 aromatic heterocycles.